The Morgan fingerprint density at radius 3 is 2.94 bits per heavy atom. The van der Waals surface area contributed by atoms with Gasteiger partial charge < -0.3 is 10.5 Å². The van der Waals surface area contributed by atoms with Gasteiger partial charge in [0.05, 0.1) is 17.3 Å². The number of pyridine rings is 1. The Morgan fingerprint density at radius 1 is 1.39 bits per heavy atom. The van der Waals surface area contributed by atoms with E-state index in [0.717, 1.165) is 29.1 Å². The molecular weight excluding hydrogens is 246 g/mol. The highest BCUT2D eigenvalue weighted by Crippen LogP contribution is 2.28. The first-order chi connectivity index (χ1) is 8.85. The summed E-state index contributed by atoms with van der Waals surface area (Å²) in [6.07, 6.45) is 5.31. The first-order valence-electron chi connectivity index (χ1n) is 5.93. The number of methoxy groups -OCH3 is 1. The molecule has 2 rings (SSSR count). The summed E-state index contributed by atoms with van der Waals surface area (Å²) in [7, 11) is 1.70. The maximum Gasteiger partial charge on any atom is 0.0958 e. The lowest BCUT2D eigenvalue weighted by Gasteiger charge is -1.99. The van der Waals surface area contributed by atoms with Crippen molar-refractivity contribution >= 4 is 11.3 Å². The van der Waals surface area contributed by atoms with Crippen LogP contribution in [0.2, 0.25) is 0 Å². The van der Waals surface area contributed by atoms with Gasteiger partial charge in [0.2, 0.25) is 0 Å². The molecule has 0 aromatic carbocycles. The van der Waals surface area contributed by atoms with Gasteiger partial charge in [0, 0.05) is 36.4 Å². The average Bonchev–Trinajstić information content (AvgIpc) is 2.81. The van der Waals surface area contributed by atoms with Crippen molar-refractivity contribution in [2.45, 2.75) is 12.8 Å². The fourth-order valence-electron chi connectivity index (χ4n) is 1.73. The van der Waals surface area contributed by atoms with Gasteiger partial charge in [0.25, 0.3) is 0 Å². The molecule has 0 unspecified atom stereocenters. The molecule has 2 N–H and O–H groups in total. The Hall–Kier alpha value is -1.30. The Kier molecular flexibility index (Phi) is 4.81. The minimum atomic E-state index is 0.638. The zero-order valence-electron chi connectivity index (χ0n) is 10.4. The number of hydrogen-bond donors (Lipinski definition) is 1. The number of rotatable bonds is 6. The quantitative estimate of drug-likeness (QED) is 0.864. The molecule has 0 saturated carbocycles. The third kappa shape index (κ3) is 3.13. The van der Waals surface area contributed by atoms with Gasteiger partial charge in [0.1, 0.15) is 0 Å². The van der Waals surface area contributed by atoms with Crippen LogP contribution >= 0.6 is 11.3 Å². The molecule has 0 radical (unpaired) electrons. The van der Waals surface area contributed by atoms with E-state index in [-0.39, 0.29) is 0 Å². The van der Waals surface area contributed by atoms with Crippen LogP contribution in [0.3, 0.4) is 0 Å². The Bertz CT molecular complexity index is 484. The molecule has 0 aliphatic carbocycles. The van der Waals surface area contributed by atoms with Crippen LogP contribution in [0, 0.1) is 0 Å². The molecule has 0 bridgehead atoms. The van der Waals surface area contributed by atoms with Gasteiger partial charge in [-0.2, -0.15) is 0 Å². The van der Waals surface area contributed by atoms with Crippen molar-refractivity contribution < 1.29 is 4.74 Å². The van der Waals surface area contributed by atoms with Crippen molar-refractivity contribution in [3.05, 3.63) is 34.4 Å². The molecule has 4 nitrogen and oxygen atoms in total. The molecule has 0 atom stereocenters. The number of hydrogen-bond acceptors (Lipinski definition) is 5. The highest BCUT2D eigenvalue weighted by atomic mass is 32.1. The van der Waals surface area contributed by atoms with Gasteiger partial charge in [0.15, 0.2) is 0 Å². The number of nitrogens with two attached hydrogens (primary N) is 1. The van der Waals surface area contributed by atoms with E-state index in [0.29, 0.717) is 13.2 Å². The van der Waals surface area contributed by atoms with Crippen LogP contribution in [-0.2, 0) is 17.6 Å². The van der Waals surface area contributed by atoms with Gasteiger partial charge in [-0.1, -0.05) is 0 Å². The van der Waals surface area contributed by atoms with Crippen molar-refractivity contribution in [1.29, 1.82) is 0 Å². The van der Waals surface area contributed by atoms with Crippen molar-refractivity contribution in [1.82, 2.24) is 9.97 Å². The second-order valence-corrected chi connectivity index (χ2v) is 5.07. The summed E-state index contributed by atoms with van der Waals surface area (Å²) in [5.41, 5.74) is 7.73. The highest BCUT2D eigenvalue weighted by molar-refractivity contribution is 7.12. The van der Waals surface area contributed by atoms with Gasteiger partial charge in [-0.3, -0.25) is 4.98 Å². The zero-order chi connectivity index (χ0) is 12.8. The largest absolute Gasteiger partial charge is 0.384 e. The maximum absolute atomic E-state index is 5.66. The summed E-state index contributed by atoms with van der Waals surface area (Å²) in [6, 6.07) is 3.96. The molecular formula is C13H17N3OS. The minimum Gasteiger partial charge on any atom is -0.384 e. The molecule has 0 aliphatic heterocycles. The van der Waals surface area contributed by atoms with Crippen LogP contribution in [0.5, 0.6) is 0 Å². The molecule has 2 aromatic rings. The summed E-state index contributed by atoms with van der Waals surface area (Å²) in [5, 5.41) is 1.10. The van der Waals surface area contributed by atoms with Crippen molar-refractivity contribution in [3.63, 3.8) is 0 Å². The Morgan fingerprint density at radius 2 is 2.28 bits per heavy atom. The standard InChI is InChI=1S/C13H17N3OS/c1-17-8-5-12-16-13(11(18-12)4-6-14)10-3-2-7-15-9-10/h2-3,7,9H,4-6,8,14H2,1H3. The van der Waals surface area contributed by atoms with E-state index in [1.165, 1.54) is 4.88 Å². The Balaban J connectivity index is 2.29. The van der Waals surface area contributed by atoms with E-state index >= 15 is 0 Å². The molecule has 96 valence electrons. The summed E-state index contributed by atoms with van der Waals surface area (Å²) in [5.74, 6) is 0. The average molecular weight is 263 g/mol. The molecule has 5 heteroatoms. The summed E-state index contributed by atoms with van der Waals surface area (Å²) < 4.78 is 5.09. The summed E-state index contributed by atoms with van der Waals surface area (Å²) >= 11 is 1.72. The van der Waals surface area contributed by atoms with Gasteiger partial charge in [-0.25, -0.2) is 4.98 Å². The van der Waals surface area contributed by atoms with E-state index in [1.807, 2.05) is 18.3 Å². The van der Waals surface area contributed by atoms with E-state index in [2.05, 4.69) is 9.97 Å². The predicted molar refractivity (Wildman–Crippen MR) is 73.7 cm³/mol. The van der Waals surface area contributed by atoms with E-state index in [9.17, 15) is 0 Å². The smallest absolute Gasteiger partial charge is 0.0958 e. The van der Waals surface area contributed by atoms with Crippen LogP contribution in [0.1, 0.15) is 9.88 Å². The van der Waals surface area contributed by atoms with Crippen molar-refractivity contribution in [3.8, 4) is 11.3 Å². The van der Waals surface area contributed by atoms with Crippen molar-refractivity contribution in [2.24, 2.45) is 5.73 Å². The summed E-state index contributed by atoms with van der Waals surface area (Å²) in [4.78, 5) is 10.1. The van der Waals surface area contributed by atoms with Gasteiger partial charge in [-0.05, 0) is 25.1 Å². The second kappa shape index (κ2) is 6.58. The topological polar surface area (TPSA) is 61.0 Å². The lowest BCUT2D eigenvalue weighted by atomic mass is 10.1. The zero-order valence-corrected chi connectivity index (χ0v) is 11.2. The van der Waals surface area contributed by atoms with Crippen molar-refractivity contribution in [2.75, 3.05) is 20.3 Å². The van der Waals surface area contributed by atoms with Gasteiger partial charge >= 0.3 is 0 Å². The molecule has 0 amide bonds. The molecule has 18 heavy (non-hydrogen) atoms. The second-order valence-electron chi connectivity index (χ2n) is 3.90. The molecule has 0 aliphatic rings. The first-order valence-corrected chi connectivity index (χ1v) is 6.74. The molecule has 2 heterocycles. The van der Waals surface area contributed by atoms with E-state index < -0.39 is 0 Å². The fraction of sp³-hybridized carbons (Fsp3) is 0.385. The molecule has 2 aromatic heterocycles. The maximum atomic E-state index is 5.66. The van der Waals surface area contributed by atoms with E-state index in [1.54, 1.807) is 24.6 Å². The van der Waals surface area contributed by atoms with Crippen LogP contribution < -0.4 is 5.73 Å². The van der Waals surface area contributed by atoms with E-state index in [4.69, 9.17) is 10.5 Å². The number of nitrogens with zero attached hydrogens (tertiary/aromatic N) is 2. The van der Waals surface area contributed by atoms with Crippen LogP contribution in [0.25, 0.3) is 11.3 Å². The number of thiazole rings is 1. The molecule has 0 fully saturated rings. The molecule has 0 saturated heterocycles. The van der Waals surface area contributed by atoms with Crippen LogP contribution in [-0.4, -0.2) is 30.2 Å². The number of ether oxygens (including phenoxy) is 1. The normalized spacial score (nSPS) is 10.8. The lowest BCUT2D eigenvalue weighted by Crippen LogP contribution is -2.02. The van der Waals surface area contributed by atoms with Crippen LogP contribution in [0.4, 0.5) is 0 Å². The first kappa shape index (κ1) is 13.1. The Labute approximate surface area is 111 Å². The lowest BCUT2D eigenvalue weighted by molar-refractivity contribution is 0.202. The van der Waals surface area contributed by atoms with Crippen LogP contribution in [0.15, 0.2) is 24.5 Å². The SMILES string of the molecule is COCCc1nc(-c2cccnc2)c(CCN)s1. The number of aromatic nitrogens is 2. The fourth-order valence-corrected chi connectivity index (χ4v) is 2.81. The third-order valence-electron chi connectivity index (χ3n) is 2.57. The minimum absolute atomic E-state index is 0.638. The predicted octanol–water partition coefficient (Wildman–Crippen LogP) is 1.90. The third-order valence-corrected chi connectivity index (χ3v) is 3.74. The summed E-state index contributed by atoms with van der Waals surface area (Å²) in [6.45, 7) is 1.33. The van der Waals surface area contributed by atoms with Gasteiger partial charge in [-0.15, -0.1) is 11.3 Å². The monoisotopic (exact) mass is 263 g/mol. The highest BCUT2D eigenvalue weighted by Gasteiger charge is 2.12. The molecule has 0 spiro atoms.